The highest BCUT2D eigenvalue weighted by atomic mass is 19.1. The first-order valence-corrected chi connectivity index (χ1v) is 4.88. The highest BCUT2D eigenvalue weighted by Gasteiger charge is 2.32. The zero-order valence-electron chi connectivity index (χ0n) is 8.74. The number of likely N-dealkylation sites (N-methyl/N-ethyl adjacent to an activating group) is 1. The third-order valence-electron chi connectivity index (χ3n) is 2.53. The van der Waals surface area contributed by atoms with E-state index in [2.05, 4.69) is 5.32 Å². The SMILES string of the molecule is CN1CC(=O)N[C@@H](c2ccccc2F)C1=O. The van der Waals surface area contributed by atoms with Crippen LogP contribution in [-0.2, 0) is 9.59 Å². The lowest BCUT2D eigenvalue weighted by atomic mass is 10.0. The van der Waals surface area contributed by atoms with E-state index >= 15 is 0 Å². The summed E-state index contributed by atoms with van der Waals surface area (Å²) in [6.07, 6.45) is 0. The van der Waals surface area contributed by atoms with Gasteiger partial charge in [0.1, 0.15) is 11.9 Å². The number of hydrogen-bond donors (Lipinski definition) is 1. The zero-order valence-corrected chi connectivity index (χ0v) is 8.74. The van der Waals surface area contributed by atoms with E-state index < -0.39 is 11.9 Å². The molecule has 0 spiro atoms. The summed E-state index contributed by atoms with van der Waals surface area (Å²) >= 11 is 0. The Balaban J connectivity index is 2.36. The summed E-state index contributed by atoms with van der Waals surface area (Å²) in [6.45, 7) is 0.0176. The number of hydrogen-bond acceptors (Lipinski definition) is 2. The van der Waals surface area contributed by atoms with Crippen LogP contribution in [0, 0.1) is 5.82 Å². The van der Waals surface area contributed by atoms with Gasteiger partial charge in [0.15, 0.2) is 0 Å². The molecule has 1 heterocycles. The van der Waals surface area contributed by atoms with Crippen LogP contribution in [0.3, 0.4) is 0 Å². The average molecular weight is 222 g/mol. The van der Waals surface area contributed by atoms with E-state index in [4.69, 9.17) is 0 Å². The Morgan fingerprint density at radius 2 is 2.06 bits per heavy atom. The Kier molecular flexibility index (Phi) is 2.60. The van der Waals surface area contributed by atoms with Gasteiger partial charge in [0, 0.05) is 12.6 Å². The highest BCUT2D eigenvalue weighted by molar-refractivity contribution is 5.95. The van der Waals surface area contributed by atoms with Crippen LogP contribution in [0.4, 0.5) is 4.39 Å². The predicted octanol–water partition coefficient (Wildman–Crippen LogP) is 0.455. The second kappa shape index (κ2) is 3.92. The summed E-state index contributed by atoms with van der Waals surface area (Å²) in [6, 6.07) is 5.03. The Morgan fingerprint density at radius 3 is 2.75 bits per heavy atom. The van der Waals surface area contributed by atoms with Gasteiger partial charge in [0.2, 0.25) is 11.8 Å². The molecule has 84 valence electrons. The third kappa shape index (κ3) is 1.76. The van der Waals surface area contributed by atoms with E-state index in [1.54, 1.807) is 6.07 Å². The van der Waals surface area contributed by atoms with Crippen LogP contribution >= 0.6 is 0 Å². The molecule has 1 aromatic carbocycles. The molecule has 1 aromatic rings. The third-order valence-corrected chi connectivity index (χ3v) is 2.53. The Bertz CT molecular complexity index is 447. The lowest BCUT2D eigenvalue weighted by Crippen LogP contribution is -2.51. The number of nitrogens with zero attached hydrogens (tertiary/aromatic N) is 1. The Morgan fingerprint density at radius 1 is 1.38 bits per heavy atom. The van der Waals surface area contributed by atoms with E-state index in [0.29, 0.717) is 0 Å². The van der Waals surface area contributed by atoms with Crippen LogP contribution in [0.2, 0.25) is 0 Å². The number of benzene rings is 1. The molecule has 0 bridgehead atoms. The largest absolute Gasteiger partial charge is 0.339 e. The molecule has 1 aliphatic rings. The van der Waals surface area contributed by atoms with Gasteiger partial charge in [-0.05, 0) is 6.07 Å². The molecule has 5 heteroatoms. The summed E-state index contributed by atoms with van der Waals surface area (Å²) in [5.41, 5.74) is 0.201. The van der Waals surface area contributed by atoms with Crippen molar-refractivity contribution < 1.29 is 14.0 Å². The van der Waals surface area contributed by atoms with Crippen molar-refractivity contribution in [3.8, 4) is 0 Å². The van der Waals surface area contributed by atoms with Crippen LogP contribution in [0.1, 0.15) is 11.6 Å². The van der Waals surface area contributed by atoms with Crippen LogP contribution in [0.25, 0.3) is 0 Å². The molecule has 2 amide bonds. The minimum absolute atomic E-state index is 0.0176. The number of halogens is 1. The lowest BCUT2D eigenvalue weighted by molar-refractivity contribution is -0.143. The van der Waals surface area contributed by atoms with Gasteiger partial charge in [0.05, 0.1) is 6.54 Å². The predicted molar refractivity (Wildman–Crippen MR) is 54.9 cm³/mol. The van der Waals surface area contributed by atoms with E-state index in [9.17, 15) is 14.0 Å². The van der Waals surface area contributed by atoms with E-state index in [-0.39, 0.29) is 23.9 Å². The molecule has 1 fully saturated rings. The van der Waals surface area contributed by atoms with Crippen LogP contribution in [0.15, 0.2) is 24.3 Å². The van der Waals surface area contributed by atoms with Gasteiger partial charge < -0.3 is 10.2 Å². The second-order valence-electron chi connectivity index (χ2n) is 3.72. The van der Waals surface area contributed by atoms with Crippen LogP contribution in [0.5, 0.6) is 0 Å². The first-order chi connectivity index (χ1) is 7.59. The van der Waals surface area contributed by atoms with Gasteiger partial charge in [-0.1, -0.05) is 18.2 Å². The van der Waals surface area contributed by atoms with Crippen molar-refractivity contribution in [3.63, 3.8) is 0 Å². The molecule has 1 saturated heterocycles. The monoisotopic (exact) mass is 222 g/mol. The van der Waals surface area contributed by atoms with Crippen LogP contribution < -0.4 is 5.32 Å². The zero-order chi connectivity index (χ0) is 11.7. The molecule has 16 heavy (non-hydrogen) atoms. The van der Waals surface area contributed by atoms with Gasteiger partial charge in [-0.2, -0.15) is 0 Å². The summed E-state index contributed by atoms with van der Waals surface area (Å²) in [7, 11) is 1.52. The molecular formula is C11H11FN2O2. The maximum Gasteiger partial charge on any atom is 0.250 e. The maximum atomic E-state index is 13.5. The van der Waals surface area contributed by atoms with Crippen molar-refractivity contribution in [1.29, 1.82) is 0 Å². The number of amides is 2. The molecule has 0 unspecified atom stereocenters. The topological polar surface area (TPSA) is 49.4 Å². The van der Waals surface area contributed by atoms with Gasteiger partial charge in [-0.25, -0.2) is 4.39 Å². The highest BCUT2D eigenvalue weighted by Crippen LogP contribution is 2.20. The standard InChI is InChI=1S/C11H11FN2O2/c1-14-6-9(15)13-10(11(14)16)7-4-2-3-5-8(7)12/h2-5,10H,6H2,1H3,(H,13,15)/t10-/m0/s1. The van der Waals surface area contributed by atoms with Crippen LogP contribution in [-0.4, -0.2) is 30.3 Å². The number of piperazine rings is 1. The summed E-state index contributed by atoms with van der Waals surface area (Å²) in [4.78, 5) is 24.3. The lowest BCUT2D eigenvalue weighted by Gasteiger charge is -2.30. The first-order valence-electron chi connectivity index (χ1n) is 4.88. The second-order valence-corrected chi connectivity index (χ2v) is 3.72. The summed E-state index contributed by atoms with van der Waals surface area (Å²) in [5.74, 6) is -1.07. The van der Waals surface area contributed by atoms with Gasteiger partial charge in [-0.15, -0.1) is 0 Å². The molecule has 0 saturated carbocycles. The van der Waals surface area contributed by atoms with Crippen molar-refractivity contribution in [3.05, 3.63) is 35.6 Å². The van der Waals surface area contributed by atoms with Crippen molar-refractivity contribution in [2.24, 2.45) is 0 Å². The molecule has 4 nitrogen and oxygen atoms in total. The fourth-order valence-corrected chi connectivity index (χ4v) is 1.70. The molecule has 1 aliphatic heterocycles. The van der Waals surface area contributed by atoms with Crippen molar-refractivity contribution >= 4 is 11.8 Å². The first kappa shape index (κ1) is 10.6. The quantitative estimate of drug-likeness (QED) is 0.750. The average Bonchev–Trinajstić information content (AvgIpc) is 2.24. The Labute approximate surface area is 92.0 Å². The molecule has 0 radical (unpaired) electrons. The molecule has 1 atom stereocenters. The van der Waals surface area contributed by atoms with Crippen molar-refractivity contribution in [2.45, 2.75) is 6.04 Å². The van der Waals surface area contributed by atoms with E-state index in [0.717, 1.165) is 0 Å². The molecule has 0 aliphatic carbocycles. The van der Waals surface area contributed by atoms with Gasteiger partial charge in [0.25, 0.3) is 0 Å². The minimum atomic E-state index is -0.910. The molecule has 1 N–H and O–H groups in total. The molecule has 0 aromatic heterocycles. The van der Waals surface area contributed by atoms with Gasteiger partial charge in [-0.3, -0.25) is 9.59 Å². The number of nitrogens with one attached hydrogen (secondary N) is 1. The maximum absolute atomic E-state index is 13.5. The fourth-order valence-electron chi connectivity index (χ4n) is 1.70. The molecule has 2 rings (SSSR count). The number of carbonyl (C=O) groups is 2. The van der Waals surface area contributed by atoms with Crippen molar-refractivity contribution in [1.82, 2.24) is 10.2 Å². The van der Waals surface area contributed by atoms with E-state index in [1.165, 1.54) is 30.1 Å². The minimum Gasteiger partial charge on any atom is -0.339 e. The number of rotatable bonds is 1. The Hall–Kier alpha value is -1.91. The smallest absolute Gasteiger partial charge is 0.250 e. The molecular weight excluding hydrogens is 211 g/mol. The normalized spacial score (nSPS) is 20.9. The van der Waals surface area contributed by atoms with Crippen molar-refractivity contribution in [2.75, 3.05) is 13.6 Å². The summed E-state index contributed by atoms with van der Waals surface area (Å²) < 4.78 is 13.5. The van der Waals surface area contributed by atoms with Gasteiger partial charge >= 0.3 is 0 Å². The number of carbonyl (C=O) groups excluding carboxylic acids is 2. The fraction of sp³-hybridized carbons (Fsp3) is 0.273. The summed E-state index contributed by atoms with van der Waals surface area (Å²) in [5, 5.41) is 2.48. The van der Waals surface area contributed by atoms with E-state index in [1.807, 2.05) is 0 Å².